The molecule has 0 aliphatic carbocycles. The first-order valence-corrected chi connectivity index (χ1v) is 7.99. The number of esters is 1. The van der Waals surface area contributed by atoms with Gasteiger partial charge in [-0.2, -0.15) is 0 Å². The zero-order chi connectivity index (χ0) is 13.5. The molecule has 1 unspecified atom stereocenters. The van der Waals surface area contributed by atoms with Gasteiger partial charge in [0.1, 0.15) is 6.61 Å². The Labute approximate surface area is 121 Å². The fourth-order valence-corrected chi connectivity index (χ4v) is 3.31. The van der Waals surface area contributed by atoms with E-state index in [9.17, 15) is 4.79 Å². The maximum atomic E-state index is 11.8. The zero-order valence-corrected chi connectivity index (χ0v) is 12.4. The minimum Gasteiger partial charge on any atom is -0.461 e. The molecule has 2 aromatic rings. The predicted molar refractivity (Wildman–Crippen MR) is 80.4 cm³/mol. The van der Waals surface area contributed by atoms with Gasteiger partial charge in [0.25, 0.3) is 0 Å². The van der Waals surface area contributed by atoms with Crippen molar-refractivity contribution in [2.45, 2.75) is 17.7 Å². The highest BCUT2D eigenvalue weighted by Gasteiger charge is 2.15. The van der Waals surface area contributed by atoms with Gasteiger partial charge in [0.2, 0.25) is 0 Å². The second kappa shape index (κ2) is 7.36. The predicted octanol–water partition coefficient (Wildman–Crippen LogP) is 4.22. The molecular formula is C15H16O2S2. The van der Waals surface area contributed by atoms with E-state index in [-0.39, 0.29) is 11.9 Å². The van der Waals surface area contributed by atoms with Crippen LogP contribution in [-0.2, 0) is 16.1 Å². The Bertz CT molecular complexity index is 494. The van der Waals surface area contributed by atoms with Gasteiger partial charge in [0.05, 0.1) is 10.1 Å². The molecule has 1 atom stereocenters. The summed E-state index contributed by atoms with van der Waals surface area (Å²) in [6.45, 7) is 2.27. The summed E-state index contributed by atoms with van der Waals surface area (Å²) in [5.41, 5.74) is 1.02. The van der Waals surface area contributed by atoms with Crippen LogP contribution in [0.25, 0.3) is 0 Å². The van der Waals surface area contributed by atoms with Gasteiger partial charge in [0, 0.05) is 5.75 Å². The Kier molecular flexibility index (Phi) is 5.48. The maximum absolute atomic E-state index is 11.8. The first-order chi connectivity index (χ1) is 9.25. The van der Waals surface area contributed by atoms with Crippen LogP contribution >= 0.6 is 23.1 Å². The third-order valence-electron chi connectivity index (χ3n) is 2.60. The smallest absolute Gasteiger partial charge is 0.309 e. The quantitative estimate of drug-likeness (QED) is 0.589. The number of ether oxygens (including phenoxy) is 1. The second-order valence-electron chi connectivity index (χ2n) is 4.24. The summed E-state index contributed by atoms with van der Waals surface area (Å²) in [5, 5.41) is 2.04. The first-order valence-electron chi connectivity index (χ1n) is 6.12. The zero-order valence-electron chi connectivity index (χ0n) is 10.7. The van der Waals surface area contributed by atoms with Crippen LogP contribution in [-0.4, -0.2) is 11.7 Å². The molecule has 0 saturated heterocycles. The summed E-state index contributed by atoms with van der Waals surface area (Å²) in [5.74, 6) is 0.539. The van der Waals surface area contributed by atoms with Gasteiger partial charge in [-0.05, 0) is 17.0 Å². The molecule has 0 radical (unpaired) electrons. The SMILES string of the molecule is CC(CSc1cccs1)C(=O)OCc1ccccc1. The Morgan fingerprint density at radius 2 is 2.05 bits per heavy atom. The number of rotatable bonds is 6. The lowest BCUT2D eigenvalue weighted by Gasteiger charge is -2.10. The monoisotopic (exact) mass is 292 g/mol. The van der Waals surface area contributed by atoms with Crippen LogP contribution in [0, 0.1) is 5.92 Å². The molecule has 4 heteroatoms. The lowest BCUT2D eigenvalue weighted by Crippen LogP contribution is -2.16. The van der Waals surface area contributed by atoms with Gasteiger partial charge >= 0.3 is 5.97 Å². The Balaban J connectivity index is 1.73. The molecule has 0 fully saturated rings. The van der Waals surface area contributed by atoms with Gasteiger partial charge in [-0.25, -0.2) is 0 Å². The molecule has 1 aromatic heterocycles. The molecule has 100 valence electrons. The lowest BCUT2D eigenvalue weighted by atomic mass is 10.2. The van der Waals surface area contributed by atoms with Crippen LogP contribution in [0.5, 0.6) is 0 Å². The van der Waals surface area contributed by atoms with Gasteiger partial charge in [-0.1, -0.05) is 43.3 Å². The van der Waals surface area contributed by atoms with Gasteiger partial charge in [-0.3, -0.25) is 4.79 Å². The van der Waals surface area contributed by atoms with Crippen molar-refractivity contribution >= 4 is 29.1 Å². The molecule has 1 heterocycles. The number of thioether (sulfide) groups is 1. The summed E-state index contributed by atoms with van der Waals surface area (Å²) in [6.07, 6.45) is 0. The van der Waals surface area contributed by atoms with Crippen molar-refractivity contribution in [3.05, 3.63) is 53.4 Å². The van der Waals surface area contributed by atoms with Crippen LogP contribution in [0.2, 0.25) is 0 Å². The molecule has 0 aliphatic rings. The molecule has 1 aromatic carbocycles. The Hall–Kier alpha value is -1.26. The largest absolute Gasteiger partial charge is 0.461 e. The molecule has 19 heavy (non-hydrogen) atoms. The van der Waals surface area contributed by atoms with Crippen molar-refractivity contribution in [1.82, 2.24) is 0 Å². The second-order valence-corrected chi connectivity index (χ2v) is 6.51. The molecule has 2 rings (SSSR count). The Morgan fingerprint density at radius 3 is 2.74 bits per heavy atom. The van der Waals surface area contributed by atoms with E-state index in [0.29, 0.717) is 6.61 Å². The van der Waals surface area contributed by atoms with Crippen molar-refractivity contribution in [3.63, 3.8) is 0 Å². The van der Waals surface area contributed by atoms with E-state index in [2.05, 4.69) is 6.07 Å². The standard InChI is InChI=1S/C15H16O2S2/c1-12(11-19-14-8-5-9-18-14)15(16)17-10-13-6-3-2-4-7-13/h2-9,12H,10-11H2,1H3. The third-order valence-corrected chi connectivity index (χ3v) is 4.99. The van der Waals surface area contributed by atoms with E-state index >= 15 is 0 Å². The number of thiophene rings is 1. The summed E-state index contributed by atoms with van der Waals surface area (Å²) in [6, 6.07) is 13.8. The average Bonchev–Trinajstić information content (AvgIpc) is 2.96. The summed E-state index contributed by atoms with van der Waals surface area (Å²) < 4.78 is 6.55. The van der Waals surface area contributed by atoms with Gasteiger partial charge in [-0.15, -0.1) is 23.1 Å². The topological polar surface area (TPSA) is 26.3 Å². The number of benzene rings is 1. The normalized spacial score (nSPS) is 12.1. The van der Waals surface area contributed by atoms with Gasteiger partial charge < -0.3 is 4.74 Å². The van der Waals surface area contributed by atoms with Crippen LogP contribution in [0.3, 0.4) is 0 Å². The van der Waals surface area contributed by atoms with Crippen molar-refractivity contribution in [1.29, 1.82) is 0 Å². The van der Waals surface area contributed by atoms with Crippen LogP contribution in [0.1, 0.15) is 12.5 Å². The fourth-order valence-electron chi connectivity index (χ4n) is 1.49. The van der Waals surface area contributed by atoms with E-state index in [1.54, 1.807) is 23.1 Å². The number of hydrogen-bond donors (Lipinski definition) is 0. The molecule has 0 aliphatic heterocycles. The minimum absolute atomic E-state index is 0.0872. The minimum atomic E-state index is -0.132. The molecule has 0 amide bonds. The highest BCUT2D eigenvalue weighted by molar-refractivity contribution is 8.01. The molecular weight excluding hydrogens is 276 g/mol. The van der Waals surface area contributed by atoms with Gasteiger partial charge in [0.15, 0.2) is 0 Å². The van der Waals surface area contributed by atoms with Crippen LogP contribution < -0.4 is 0 Å². The summed E-state index contributed by atoms with van der Waals surface area (Å²) in [4.78, 5) is 11.8. The van der Waals surface area contributed by atoms with Crippen molar-refractivity contribution in [2.24, 2.45) is 5.92 Å². The molecule has 0 N–H and O–H groups in total. The van der Waals surface area contributed by atoms with Crippen LogP contribution in [0.4, 0.5) is 0 Å². The van der Waals surface area contributed by atoms with E-state index < -0.39 is 0 Å². The summed E-state index contributed by atoms with van der Waals surface area (Å²) in [7, 11) is 0. The highest BCUT2D eigenvalue weighted by atomic mass is 32.2. The highest BCUT2D eigenvalue weighted by Crippen LogP contribution is 2.25. The fraction of sp³-hybridized carbons (Fsp3) is 0.267. The van der Waals surface area contributed by atoms with E-state index in [1.807, 2.05) is 48.7 Å². The third kappa shape index (κ3) is 4.73. The summed E-state index contributed by atoms with van der Waals surface area (Å²) >= 11 is 3.40. The molecule has 0 bridgehead atoms. The first kappa shape index (κ1) is 14.2. The molecule has 0 spiro atoms. The number of carbonyl (C=O) groups is 1. The van der Waals surface area contributed by atoms with E-state index in [0.717, 1.165) is 11.3 Å². The van der Waals surface area contributed by atoms with Crippen molar-refractivity contribution < 1.29 is 9.53 Å². The average molecular weight is 292 g/mol. The number of carbonyl (C=O) groups excluding carboxylic acids is 1. The van der Waals surface area contributed by atoms with E-state index in [1.165, 1.54) is 4.21 Å². The molecule has 0 saturated carbocycles. The van der Waals surface area contributed by atoms with Crippen LogP contribution in [0.15, 0.2) is 52.1 Å². The Morgan fingerprint density at radius 1 is 1.26 bits per heavy atom. The molecule has 2 nitrogen and oxygen atoms in total. The number of hydrogen-bond acceptors (Lipinski definition) is 4. The van der Waals surface area contributed by atoms with Crippen molar-refractivity contribution in [2.75, 3.05) is 5.75 Å². The van der Waals surface area contributed by atoms with Crippen molar-refractivity contribution in [3.8, 4) is 0 Å². The van der Waals surface area contributed by atoms with E-state index in [4.69, 9.17) is 4.74 Å². The lowest BCUT2D eigenvalue weighted by molar-refractivity contribution is -0.148. The maximum Gasteiger partial charge on any atom is 0.309 e.